The van der Waals surface area contributed by atoms with Crippen LogP contribution < -0.4 is 15.5 Å². The van der Waals surface area contributed by atoms with Gasteiger partial charge in [0.15, 0.2) is 5.69 Å². The van der Waals surface area contributed by atoms with Gasteiger partial charge in [-0.2, -0.15) is 0 Å². The Hall–Kier alpha value is -2.81. The maximum absolute atomic E-state index is 13.6. The number of nitrogens with zero attached hydrogens (tertiary/aromatic N) is 3. The summed E-state index contributed by atoms with van der Waals surface area (Å²) in [5.74, 6) is -0.0920. The lowest BCUT2D eigenvalue weighted by Gasteiger charge is -2.31. The largest absolute Gasteiger partial charge is 0.317 e. The fraction of sp³-hybridized carbons (Fsp3) is 0.333. The van der Waals surface area contributed by atoms with E-state index in [1.165, 1.54) is 17.5 Å². The Morgan fingerprint density at radius 2 is 1.88 bits per heavy atom. The van der Waals surface area contributed by atoms with Gasteiger partial charge in [0, 0.05) is 23.7 Å². The van der Waals surface area contributed by atoms with Crippen LogP contribution in [0.3, 0.4) is 0 Å². The van der Waals surface area contributed by atoms with Gasteiger partial charge in [-0.15, -0.1) is 0 Å². The normalized spacial score (nSPS) is 14.3. The molecule has 0 spiro atoms. The summed E-state index contributed by atoms with van der Waals surface area (Å²) in [6.45, 7) is 5.55. The number of hydrogen-bond donors (Lipinski definition) is 2. The van der Waals surface area contributed by atoms with Crippen molar-refractivity contribution in [3.05, 3.63) is 59.4 Å². The van der Waals surface area contributed by atoms with Crippen LogP contribution in [0, 0.1) is 5.92 Å². The second-order valence-corrected chi connectivity index (χ2v) is 9.59. The molecule has 0 aliphatic carbocycles. The number of carbonyl (C=O) groups excluding carboxylic acids is 2. The Kier molecular flexibility index (Phi) is 7.37. The predicted molar refractivity (Wildman–Crippen MR) is 133 cm³/mol. The van der Waals surface area contributed by atoms with E-state index in [0.717, 1.165) is 31.5 Å². The second kappa shape index (κ2) is 10.4. The van der Waals surface area contributed by atoms with Crippen molar-refractivity contribution in [3.63, 3.8) is 0 Å². The van der Waals surface area contributed by atoms with Gasteiger partial charge in [-0.3, -0.25) is 14.5 Å². The lowest BCUT2D eigenvalue weighted by atomic mass is 9.96. The number of aromatic nitrogens is 2. The van der Waals surface area contributed by atoms with Crippen molar-refractivity contribution in [1.29, 1.82) is 0 Å². The maximum Gasteiger partial charge on any atom is 0.278 e. The van der Waals surface area contributed by atoms with Crippen LogP contribution in [0.4, 0.5) is 10.8 Å². The summed E-state index contributed by atoms with van der Waals surface area (Å²) in [7, 11) is 0. The van der Waals surface area contributed by atoms with Gasteiger partial charge in [-0.1, -0.05) is 53.3 Å². The Bertz CT molecular complexity index is 1110. The van der Waals surface area contributed by atoms with Crippen LogP contribution in [0.1, 0.15) is 37.2 Å². The number of halogens is 1. The van der Waals surface area contributed by atoms with Gasteiger partial charge in [0.2, 0.25) is 5.91 Å². The third-order valence-electron chi connectivity index (χ3n) is 5.48. The van der Waals surface area contributed by atoms with Crippen LogP contribution >= 0.6 is 22.9 Å². The van der Waals surface area contributed by atoms with Gasteiger partial charge in [0.05, 0.1) is 5.02 Å². The number of anilines is 2. The van der Waals surface area contributed by atoms with E-state index >= 15 is 0 Å². The SMILES string of the molecule is CC(C)N(C(=O)C1CCNCC1)c1sc(-c2ccccc2)nc1C(=O)Nc1ccc(Cl)cn1. The van der Waals surface area contributed by atoms with Crippen molar-refractivity contribution in [2.45, 2.75) is 32.7 Å². The van der Waals surface area contributed by atoms with E-state index in [0.29, 0.717) is 20.8 Å². The molecule has 2 N–H and O–H groups in total. The summed E-state index contributed by atoms with van der Waals surface area (Å²) in [6, 6.07) is 12.8. The number of nitrogens with one attached hydrogen (secondary N) is 2. The summed E-state index contributed by atoms with van der Waals surface area (Å²) in [6.07, 6.45) is 3.03. The van der Waals surface area contributed by atoms with Crippen molar-refractivity contribution < 1.29 is 9.59 Å². The monoisotopic (exact) mass is 483 g/mol. The van der Waals surface area contributed by atoms with Gasteiger partial charge in [-0.25, -0.2) is 9.97 Å². The first kappa shape index (κ1) is 23.4. The zero-order chi connectivity index (χ0) is 23.4. The molecule has 0 radical (unpaired) electrons. The average molecular weight is 484 g/mol. The van der Waals surface area contributed by atoms with Crippen LogP contribution in [0.15, 0.2) is 48.7 Å². The van der Waals surface area contributed by atoms with Crippen LogP contribution in [-0.2, 0) is 4.79 Å². The molecule has 0 saturated carbocycles. The number of pyridine rings is 1. The minimum absolute atomic E-state index is 0.0356. The van der Waals surface area contributed by atoms with Gasteiger partial charge in [-0.05, 0) is 51.9 Å². The molecule has 4 rings (SSSR count). The fourth-order valence-corrected chi connectivity index (χ4v) is 5.13. The van der Waals surface area contributed by atoms with Gasteiger partial charge in [0.25, 0.3) is 5.91 Å². The minimum atomic E-state index is -0.415. The molecule has 0 unspecified atom stereocenters. The number of benzene rings is 1. The molecule has 2 aromatic heterocycles. The number of rotatable bonds is 6. The number of carbonyl (C=O) groups is 2. The topological polar surface area (TPSA) is 87.2 Å². The van der Waals surface area contributed by atoms with Gasteiger partial charge in [0.1, 0.15) is 15.8 Å². The quantitative estimate of drug-likeness (QED) is 0.523. The van der Waals surface area contributed by atoms with E-state index < -0.39 is 5.91 Å². The van der Waals surface area contributed by atoms with Crippen molar-refractivity contribution >= 4 is 45.6 Å². The van der Waals surface area contributed by atoms with E-state index in [4.69, 9.17) is 11.6 Å². The van der Waals surface area contributed by atoms with E-state index in [1.807, 2.05) is 44.2 Å². The third-order valence-corrected chi connectivity index (χ3v) is 6.80. The molecule has 3 aromatic rings. The lowest BCUT2D eigenvalue weighted by Crippen LogP contribution is -2.44. The van der Waals surface area contributed by atoms with Crippen molar-refractivity contribution in [3.8, 4) is 10.6 Å². The Labute approximate surface area is 202 Å². The number of amides is 2. The molecule has 0 atom stereocenters. The molecule has 1 saturated heterocycles. The highest BCUT2D eigenvalue weighted by atomic mass is 35.5. The summed E-state index contributed by atoms with van der Waals surface area (Å²) in [5.41, 5.74) is 1.11. The Morgan fingerprint density at radius 1 is 1.15 bits per heavy atom. The lowest BCUT2D eigenvalue weighted by molar-refractivity contribution is -0.123. The average Bonchev–Trinajstić information content (AvgIpc) is 3.26. The van der Waals surface area contributed by atoms with Crippen LogP contribution in [0.25, 0.3) is 10.6 Å². The molecule has 172 valence electrons. The highest BCUT2D eigenvalue weighted by molar-refractivity contribution is 7.19. The summed E-state index contributed by atoms with van der Waals surface area (Å²) in [5, 5.41) is 7.81. The van der Waals surface area contributed by atoms with Crippen LogP contribution in [0.5, 0.6) is 0 Å². The molecular weight excluding hydrogens is 458 g/mol. The molecule has 33 heavy (non-hydrogen) atoms. The first-order valence-corrected chi connectivity index (χ1v) is 12.2. The number of thiazole rings is 1. The summed E-state index contributed by atoms with van der Waals surface area (Å²) >= 11 is 7.27. The molecule has 1 fully saturated rings. The molecule has 7 nitrogen and oxygen atoms in total. The molecule has 1 aliphatic rings. The number of piperidine rings is 1. The summed E-state index contributed by atoms with van der Waals surface area (Å²) < 4.78 is 0. The smallest absolute Gasteiger partial charge is 0.278 e. The second-order valence-electron chi connectivity index (χ2n) is 8.18. The van der Waals surface area contributed by atoms with E-state index in [2.05, 4.69) is 20.6 Å². The van der Waals surface area contributed by atoms with Gasteiger partial charge >= 0.3 is 0 Å². The number of hydrogen-bond acceptors (Lipinski definition) is 6. The van der Waals surface area contributed by atoms with Gasteiger partial charge < -0.3 is 10.6 Å². The highest BCUT2D eigenvalue weighted by Gasteiger charge is 2.33. The molecule has 9 heteroatoms. The molecular formula is C24H26ClN5O2S. The summed E-state index contributed by atoms with van der Waals surface area (Å²) in [4.78, 5) is 37.4. The first-order chi connectivity index (χ1) is 15.9. The molecule has 0 bridgehead atoms. The zero-order valence-corrected chi connectivity index (χ0v) is 20.1. The van der Waals surface area contributed by atoms with E-state index in [9.17, 15) is 9.59 Å². The molecule has 1 aliphatic heterocycles. The van der Waals surface area contributed by atoms with Crippen molar-refractivity contribution in [1.82, 2.24) is 15.3 Å². The predicted octanol–water partition coefficient (Wildman–Crippen LogP) is 4.85. The standard InChI is InChI=1S/C24H26ClN5O2S/c1-15(2)30(23(32)17-10-12-26-13-11-17)24-20(21(31)28-19-9-8-18(25)14-27-19)29-22(33-24)16-6-4-3-5-7-16/h3-9,14-15,17,26H,10-13H2,1-2H3,(H,27,28,31). The Morgan fingerprint density at radius 3 is 2.52 bits per heavy atom. The van der Waals surface area contributed by atoms with E-state index in [1.54, 1.807) is 17.0 Å². The molecule has 2 amide bonds. The Balaban J connectivity index is 1.73. The van der Waals surface area contributed by atoms with E-state index in [-0.39, 0.29) is 23.6 Å². The molecule has 3 heterocycles. The fourth-order valence-electron chi connectivity index (χ4n) is 3.81. The maximum atomic E-state index is 13.6. The molecule has 1 aromatic carbocycles. The zero-order valence-electron chi connectivity index (χ0n) is 18.5. The third kappa shape index (κ3) is 5.40. The van der Waals surface area contributed by atoms with Crippen LogP contribution in [0.2, 0.25) is 5.02 Å². The van der Waals surface area contributed by atoms with Crippen LogP contribution in [-0.4, -0.2) is 40.9 Å². The highest BCUT2D eigenvalue weighted by Crippen LogP contribution is 2.37. The van der Waals surface area contributed by atoms with Crippen molar-refractivity contribution in [2.75, 3.05) is 23.3 Å². The minimum Gasteiger partial charge on any atom is -0.317 e. The first-order valence-electron chi connectivity index (χ1n) is 11.0. The van der Waals surface area contributed by atoms with Crippen molar-refractivity contribution in [2.24, 2.45) is 5.92 Å².